The summed E-state index contributed by atoms with van der Waals surface area (Å²) in [6.45, 7) is -2.34. The summed E-state index contributed by atoms with van der Waals surface area (Å²) in [5.41, 5.74) is -1.82. The van der Waals surface area contributed by atoms with E-state index in [1.807, 2.05) is 18.2 Å². The van der Waals surface area contributed by atoms with Gasteiger partial charge in [-0.15, -0.1) is 0 Å². The Labute approximate surface area is 373 Å². The first kappa shape index (κ1) is 50.0. The van der Waals surface area contributed by atoms with Crippen molar-refractivity contribution in [2.45, 2.75) is 58.6 Å². The van der Waals surface area contributed by atoms with Gasteiger partial charge in [-0.3, -0.25) is 9.59 Å². The summed E-state index contributed by atoms with van der Waals surface area (Å²) in [6, 6.07) is 31.4. The molecule has 0 aliphatic carbocycles. The molecule has 59 heavy (non-hydrogen) atoms. The van der Waals surface area contributed by atoms with Crippen molar-refractivity contribution in [3.8, 4) is 0 Å². The Kier molecular flexibility index (Phi) is 22.1. The Balaban J connectivity index is 1.78. The number of hydrogen-bond acceptors (Lipinski definition) is 9. The molecule has 0 saturated heterocycles. The van der Waals surface area contributed by atoms with Gasteiger partial charge in [-0.2, -0.15) is 0 Å². The van der Waals surface area contributed by atoms with Crippen molar-refractivity contribution >= 4 is 128 Å². The number of carbonyl (C=O) groups is 6. The molecule has 12 nitrogen and oxygen atoms in total. The number of ether oxygens (including phenoxy) is 3. The molecule has 3 N–H and O–H groups in total. The Morgan fingerprint density at radius 1 is 0.525 bits per heavy atom. The van der Waals surface area contributed by atoms with Crippen LogP contribution < -0.4 is 31.9 Å². The van der Waals surface area contributed by atoms with Crippen LogP contribution in [0.4, 0.5) is 0 Å². The molecular weight excluding hydrogens is 910 g/mol. The summed E-state index contributed by atoms with van der Waals surface area (Å²) >= 11 is 33.5. The van der Waals surface area contributed by atoms with Crippen molar-refractivity contribution in [3.05, 3.63) is 91.0 Å². The number of hydrogen-bond donors (Lipinski definition) is 3. The van der Waals surface area contributed by atoms with Crippen LogP contribution in [-0.2, 0) is 43.0 Å². The minimum Gasteiger partial charge on any atom is -0.0925 e. The van der Waals surface area contributed by atoms with Gasteiger partial charge in [-0.1, -0.05) is 69.6 Å². The van der Waals surface area contributed by atoms with Gasteiger partial charge < -0.3 is 10.6 Å². The summed E-state index contributed by atoms with van der Waals surface area (Å²) in [5.74, 6) is -4.73. The van der Waals surface area contributed by atoms with Gasteiger partial charge in [0.2, 0.25) is 0 Å². The monoisotopic (exact) mass is 953 g/mol. The predicted octanol–water partition coefficient (Wildman–Crippen LogP) is 5.18. The van der Waals surface area contributed by atoms with Gasteiger partial charge in [0.25, 0.3) is 11.8 Å². The fourth-order valence-corrected chi connectivity index (χ4v) is 11.5. The normalized spacial score (nSPS) is 11.8. The van der Waals surface area contributed by atoms with Gasteiger partial charge in [-0.05, 0) is 0 Å². The van der Waals surface area contributed by atoms with Crippen molar-refractivity contribution in [1.82, 2.24) is 16.0 Å². The van der Waals surface area contributed by atoms with Gasteiger partial charge >= 0.3 is 252 Å². The van der Waals surface area contributed by atoms with Crippen molar-refractivity contribution in [2.24, 2.45) is 0 Å². The van der Waals surface area contributed by atoms with E-state index in [9.17, 15) is 28.8 Å². The molecule has 0 unspecified atom stereocenters. The average molecular weight is 957 g/mol. The number of amides is 3. The van der Waals surface area contributed by atoms with Crippen molar-refractivity contribution in [2.75, 3.05) is 39.1 Å². The van der Waals surface area contributed by atoms with Crippen LogP contribution >= 0.6 is 76.9 Å². The number of halogens is 6. The van der Waals surface area contributed by atoms with Crippen LogP contribution in [0.3, 0.4) is 0 Å². The summed E-state index contributed by atoms with van der Waals surface area (Å²) in [4.78, 5) is 70.6. The predicted molar refractivity (Wildman–Crippen MR) is 235 cm³/mol. The molecule has 0 aliphatic heterocycles. The number of rotatable bonds is 25. The fraction of sp³-hybridized carbons (Fsp3) is 0.400. The molecule has 0 radical (unpaired) electrons. The minimum atomic E-state index is -2.50. The van der Waals surface area contributed by atoms with E-state index in [1.165, 1.54) is 15.9 Å². The third kappa shape index (κ3) is 16.9. The number of benzene rings is 3. The van der Waals surface area contributed by atoms with Crippen LogP contribution in [0, 0.1) is 0 Å². The van der Waals surface area contributed by atoms with E-state index in [0.717, 1.165) is 12.6 Å². The molecule has 3 aromatic rings. The molecule has 0 bridgehead atoms. The molecule has 0 fully saturated rings. The van der Waals surface area contributed by atoms with Crippen molar-refractivity contribution in [3.63, 3.8) is 0 Å². The smallest absolute Gasteiger partial charge is 0.0925 e. The zero-order valence-electron chi connectivity index (χ0n) is 31.8. The summed E-state index contributed by atoms with van der Waals surface area (Å²) < 4.78 is 16.1. The number of esters is 3. The van der Waals surface area contributed by atoms with Gasteiger partial charge in [0.05, 0.1) is 0 Å². The van der Waals surface area contributed by atoms with E-state index in [0.29, 0.717) is 12.8 Å². The standard InChI is InChI=1S/C40H46Cl6N3O9P/c41-34(42)37(53)47-22-20-32(51)56-25-40(27-58-39(55)36(45)46,26-57-33(52)21-23-48-38(54)35(43)44)49-31(50)19-11-4-12-24-59(28-13-5-1-6-14-28,29-15-7-2-8-16-29)30-17-9-3-10-18-30/h1-3,5-10,13-18,34-36,59H,4,11-12,19-27H2,(H,47,53)(H,48,54)(H,49,50). The van der Waals surface area contributed by atoms with Crippen molar-refractivity contribution < 1.29 is 43.0 Å². The third-order valence-electron chi connectivity index (χ3n) is 9.00. The minimum absolute atomic E-state index is 0.00982. The molecule has 0 saturated carbocycles. The number of unbranched alkanes of at least 4 members (excludes halogenated alkanes) is 2. The average Bonchev–Trinajstić information content (AvgIpc) is 3.23. The fourth-order valence-electron chi connectivity index (χ4n) is 6.13. The number of alkyl halides is 6. The molecule has 0 aromatic heterocycles. The van der Waals surface area contributed by atoms with E-state index in [2.05, 4.69) is 88.7 Å². The maximum atomic E-state index is 13.7. The zero-order valence-corrected chi connectivity index (χ0v) is 37.4. The first-order valence-corrected chi connectivity index (χ1v) is 23.4. The quantitative estimate of drug-likeness (QED) is 0.0341. The van der Waals surface area contributed by atoms with Crippen LogP contribution in [0.2, 0.25) is 0 Å². The van der Waals surface area contributed by atoms with Crippen LogP contribution in [0.1, 0.15) is 38.5 Å². The van der Waals surface area contributed by atoms with E-state index in [1.54, 1.807) is 0 Å². The molecule has 0 atom stereocenters. The molecule has 322 valence electrons. The topological polar surface area (TPSA) is 166 Å². The van der Waals surface area contributed by atoms with E-state index >= 15 is 0 Å². The van der Waals surface area contributed by atoms with Crippen LogP contribution in [0.15, 0.2) is 91.0 Å². The molecule has 3 rings (SSSR count). The Hall–Kier alpha value is -3.35. The molecule has 19 heteroatoms. The number of nitrogens with one attached hydrogen (secondary N) is 3. The second kappa shape index (κ2) is 26.1. The number of carbonyl (C=O) groups excluding carboxylic acids is 6. The molecule has 3 amide bonds. The summed E-state index contributed by atoms with van der Waals surface area (Å²) in [7, 11) is -2.50. The van der Waals surface area contributed by atoms with Gasteiger partial charge in [-0.25, -0.2) is 0 Å². The third-order valence-corrected chi connectivity index (χ3v) is 15.2. The zero-order chi connectivity index (χ0) is 43.3. The van der Waals surface area contributed by atoms with Gasteiger partial charge in [0, 0.05) is 13.1 Å². The second-order valence-corrected chi connectivity index (χ2v) is 20.6. The van der Waals surface area contributed by atoms with Crippen LogP contribution in [-0.4, -0.2) is 94.7 Å². The molecule has 0 spiro atoms. The molecule has 0 aliphatic rings. The van der Waals surface area contributed by atoms with E-state index in [-0.39, 0.29) is 32.4 Å². The van der Waals surface area contributed by atoms with E-state index in [4.69, 9.17) is 83.8 Å². The first-order chi connectivity index (χ1) is 28.2. The Morgan fingerprint density at radius 2 is 0.932 bits per heavy atom. The Morgan fingerprint density at radius 3 is 1.32 bits per heavy atom. The van der Waals surface area contributed by atoms with Gasteiger partial charge in [0.15, 0.2) is 9.67 Å². The molecule has 0 heterocycles. The summed E-state index contributed by atoms with van der Waals surface area (Å²) in [5, 5.41) is 11.3. The van der Waals surface area contributed by atoms with E-state index < -0.39 is 82.8 Å². The summed E-state index contributed by atoms with van der Waals surface area (Å²) in [6.07, 6.45) is 2.14. The molecular formula is C40H46Cl6N3O9P. The van der Waals surface area contributed by atoms with Crippen LogP contribution in [0.25, 0.3) is 0 Å². The van der Waals surface area contributed by atoms with Crippen molar-refractivity contribution in [1.29, 1.82) is 0 Å². The molecule has 3 aromatic carbocycles. The van der Waals surface area contributed by atoms with Gasteiger partial charge in [0.1, 0.15) is 0 Å². The Bertz CT molecular complexity index is 1670. The second-order valence-electron chi connectivity index (χ2n) is 13.3. The SMILES string of the molecule is O=C(CCCCC[PH](c1ccccc1)(c1ccccc1)c1ccccc1)NC(COC(=O)CCNC(=O)C(Cl)Cl)(COC(=O)CCNC(=O)C(Cl)Cl)COC(=O)C(Cl)Cl. The maximum absolute atomic E-state index is 13.7. The van der Waals surface area contributed by atoms with Crippen LogP contribution in [0.5, 0.6) is 0 Å². The first-order valence-electron chi connectivity index (χ1n) is 18.5.